The van der Waals surface area contributed by atoms with Gasteiger partial charge in [-0.05, 0) is 25.1 Å². The molecule has 0 spiro atoms. The van der Waals surface area contributed by atoms with E-state index in [0.29, 0.717) is 17.0 Å². The molecule has 0 bridgehead atoms. The summed E-state index contributed by atoms with van der Waals surface area (Å²) < 4.78 is 5.22. The van der Waals surface area contributed by atoms with E-state index < -0.39 is 0 Å². The lowest BCUT2D eigenvalue weighted by molar-refractivity contribution is 0.412. The summed E-state index contributed by atoms with van der Waals surface area (Å²) in [6.45, 7) is 1.81. The Morgan fingerprint density at radius 3 is 1.92 bits per heavy atom. The molecule has 0 aromatic heterocycles. The second-order valence-corrected chi connectivity index (χ2v) is 5.75. The van der Waals surface area contributed by atoms with Crippen molar-refractivity contribution in [1.82, 2.24) is 0 Å². The smallest absolute Gasteiger partial charge is 0.124 e. The predicted octanol–water partition coefficient (Wildman–Crippen LogP) is 4.66. The van der Waals surface area contributed by atoms with E-state index in [4.69, 9.17) is 4.74 Å². The Morgan fingerprint density at radius 1 is 0.808 bits per heavy atom. The fraction of sp³-hybridized carbons (Fsp3) is 0.0909. The van der Waals surface area contributed by atoms with E-state index in [2.05, 4.69) is 10.2 Å². The van der Waals surface area contributed by atoms with Gasteiger partial charge in [0.2, 0.25) is 0 Å². The highest BCUT2D eigenvalue weighted by Gasteiger charge is 2.09. The van der Waals surface area contributed by atoms with Gasteiger partial charge in [0.15, 0.2) is 0 Å². The summed E-state index contributed by atoms with van der Waals surface area (Å²) in [5, 5.41) is 19.0. The van der Waals surface area contributed by atoms with Crippen molar-refractivity contribution in [2.45, 2.75) is 6.92 Å². The van der Waals surface area contributed by atoms with Gasteiger partial charge in [0.25, 0.3) is 0 Å². The quantitative estimate of drug-likeness (QED) is 0.540. The first kappa shape index (κ1) is 17.4. The average molecular weight is 344 g/mol. The first-order chi connectivity index (χ1) is 12.7. The molecule has 0 atom stereocenters. The van der Waals surface area contributed by atoms with Gasteiger partial charge in [-0.2, -0.15) is 5.10 Å². The third-order valence-electron chi connectivity index (χ3n) is 3.99. The SMILES string of the molecule is COc1ccc(O)c(/C(C)=N/N=C(c2ccccc2)c2ccccc2)c1. The molecule has 0 unspecified atom stereocenters. The molecule has 3 aromatic rings. The maximum absolute atomic E-state index is 10.1. The number of phenolic OH excluding ortho intramolecular Hbond substituents is 1. The maximum Gasteiger partial charge on any atom is 0.124 e. The molecule has 26 heavy (non-hydrogen) atoms. The van der Waals surface area contributed by atoms with Crippen LogP contribution >= 0.6 is 0 Å². The third-order valence-corrected chi connectivity index (χ3v) is 3.99. The Balaban J connectivity index is 2.05. The first-order valence-electron chi connectivity index (χ1n) is 8.29. The van der Waals surface area contributed by atoms with Gasteiger partial charge < -0.3 is 9.84 Å². The molecule has 130 valence electrons. The molecular formula is C22H20N2O2. The Morgan fingerprint density at radius 2 is 1.38 bits per heavy atom. The Hall–Kier alpha value is -3.40. The minimum atomic E-state index is 0.142. The number of rotatable bonds is 5. The molecule has 0 aliphatic carbocycles. The molecule has 4 heteroatoms. The van der Waals surface area contributed by atoms with Gasteiger partial charge >= 0.3 is 0 Å². The van der Waals surface area contributed by atoms with Crippen molar-refractivity contribution >= 4 is 11.4 Å². The highest BCUT2D eigenvalue weighted by molar-refractivity contribution is 6.13. The Bertz CT molecular complexity index is 891. The molecule has 1 N–H and O–H groups in total. The van der Waals surface area contributed by atoms with Gasteiger partial charge in [-0.25, -0.2) is 0 Å². The third kappa shape index (κ3) is 3.98. The average Bonchev–Trinajstić information content (AvgIpc) is 2.70. The topological polar surface area (TPSA) is 54.2 Å². The van der Waals surface area contributed by atoms with E-state index in [1.54, 1.807) is 25.3 Å². The lowest BCUT2D eigenvalue weighted by atomic mass is 10.0. The molecule has 0 heterocycles. The number of benzene rings is 3. The summed E-state index contributed by atoms with van der Waals surface area (Å²) >= 11 is 0. The Labute approximate surface area is 153 Å². The molecule has 3 aromatic carbocycles. The second kappa shape index (κ2) is 8.12. The van der Waals surface area contributed by atoms with E-state index in [0.717, 1.165) is 16.8 Å². The molecule has 0 saturated carbocycles. The van der Waals surface area contributed by atoms with Crippen LogP contribution in [0.25, 0.3) is 0 Å². The van der Waals surface area contributed by atoms with Crippen LogP contribution in [0.5, 0.6) is 11.5 Å². The highest BCUT2D eigenvalue weighted by Crippen LogP contribution is 2.23. The summed E-state index contributed by atoms with van der Waals surface area (Å²) in [7, 11) is 1.59. The van der Waals surface area contributed by atoms with Crippen molar-refractivity contribution in [2.75, 3.05) is 7.11 Å². The molecule has 0 radical (unpaired) electrons. The van der Waals surface area contributed by atoms with Crippen LogP contribution in [0, 0.1) is 0 Å². The monoisotopic (exact) mass is 344 g/mol. The van der Waals surface area contributed by atoms with E-state index in [9.17, 15) is 5.11 Å². The molecule has 0 aliphatic heterocycles. The standard InChI is InChI=1S/C22H20N2O2/c1-16(20-15-19(26-2)13-14-21(20)25)23-24-22(17-9-5-3-6-10-17)18-11-7-4-8-12-18/h3-15,25H,1-2H3/b23-16+. The largest absolute Gasteiger partial charge is 0.507 e. The summed E-state index contributed by atoms with van der Waals surface area (Å²) in [6.07, 6.45) is 0. The van der Waals surface area contributed by atoms with Crippen LogP contribution < -0.4 is 4.74 Å². The van der Waals surface area contributed by atoms with Crippen LogP contribution in [-0.4, -0.2) is 23.6 Å². The lowest BCUT2D eigenvalue weighted by Crippen LogP contribution is -2.03. The maximum atomic E-state index is 10.1. The molecule has 0 saturated heterocycles. The van der Waals surface area contributed by atoms with E-state index in [-0.39, 0.29) is 5.75 Å². The van der Waals surface area contributed by atoms with E-state index >= 15 is 0 Å². The normalized spacial score (nSPS) is 11.1. The lowest BCUT2D eigenvalue weighted by Gasteiger charge is -2.07. The van der Waals surface area contributed by atoms with E-state index in [1.165, 1.54) is 0 Å². The van der Waals surface area contributed by atoms with Crippen LogP contribution in [0.3, 0.4) is 0 Å². The van der Waals surface area contributed by atoms with Crippen molar-refractivity contribution in [1.29, 1.82) is 0 Å². The van der Waals surface area contributed by atoms with Gasteiger partial charge in [0, 0.05) is 16.7 Å². The van der Waals surface area contributed by atoms with Gasteiger partial charge in [0.05, 0.1) is 12.8 Å². The highest BCUT2D eigenvalue weighted by atomic mass is 16.5. The molecule has 0 amide bonds. The number of phenols is 1. The minimum Gasteiger partial charge on any atom is -0.507 e. The van der Waals surface area contributed by atoms with E-state index in [1.807, 2.05) is 67.6 Å². The number of nitrogens with zero attached hydrogens (tertiary/aromatic N) is 2. The number of hydrogen-bond donors (Lipinski definition) is 1. The van der Waals surface area contributed by atoms with Crippen molar-refractivity contribution in [3.63, 3.8) is 0 Å². The van der Waals surface area contributed by atoms with Crippen molar-refractivity contribution in [3.05, 3.63) is 95.6 Å². The van der Waals surface area contributed by atoms with Crippen LogP contribution in [0.1, 0.15) is 23.6 Å². The van der Waals surface area contributed by atoms with Crippen molar-refractivity contribution in [2.24, 2.45) is 10.2 Å². The van der Waals surface area contributed by atoms with Crippen LogP contribution in [0.15, 0.2) is 89.1 Å². The van der Waals surface area contributed by atoms with Crippen LogP contribution in [0.2, 0.25) is 0 Å². The zero-order chi connectivity index (χ0) is 18.4. The number of hydrogen-bond acceptors (Lipinski definition) is 4. The summed E-state index contributed by atoms with van der Waals surface area (Å²) in [5.74, 6) is 0.797. The number of methoxy groups -OCH3 is 1. The molecule has 0 aliphatic rings. The zero-order valence-electron chi connectivity index (χ0n) is 14.8. The van der Waals surface area contributed by atoms with Crippen LogP contribution in [0.4, 0.5) is 0 Å². The predicted molar refractivity (Wildman–Crippen MR) is 105 cm³/mol. The van der Waals surface area contributed by atoms with Crippen LogP contribution in [-0.2, 0) is 0 Å². The minimum absolute atomic E-state index is 0.142. The fourth-order valence-electron chi connectivity index (χ4n) is 2.58. The molecular weight excluding hydrogens is 324 g/mol. The van der Waals surface area contributed by atoms with Gasteiger partial charge in [-0.15, -0.1) is 5.10 Å². The van der Waals surface area contributed by atoms with Gasteiger partial charge in [-0.1, -0.05) is 60.7 Å². The first-order valence-corrected chi connectivity index (χ1v) is 8.29. The van der Waals surface area contributed by atoms with Crippen molar-refractivity contribution < 1.29 is 9.84 Å². The van der Waals surface area contributed by atoms with Gasteiger partial charge in [-0.3, -0.25) is 0 Å². The summed E-state index contributed by atoms with van der Waals surface area (Å²) in [6, 6.07) is 24.9. The number of aromatic hydroxyl groups is 1. The second-order valence-electron chi connectivity index (χ2n) is 5.75. The van der Waals surface area contributed by atoms with Crippen molar-refractivity contribution in [3.8, 4) is 11.5 Å². The summed E-state index contributed by atoms with van der Waals surface area (Å²) in [5.41, 5.74) is 3.92. The summed E-state index contributed by atoms with van der Waals surface area (Å²) in [4.78, 5) is 0. The molecule has 3 rings (SSSR count). The fourth-order valence-corrected chi connectivity index (χ4v) is 2.58. The molecule has 0 fully saturated rings. The molecule has 4 nitrogen and oxygen atoms in total. The number of ether oxygens (including phenoxy) is 1. The van der Waals surface area contributed by atoms with Gasteiger partial charge in [0.1, 0.15) is 17.2 Å². The zero-order valence-corrected chi connectivity index (χ0v) is 14.8. The Kier molecular flexibility index (Phi) is 5.44.